The summed E-state index contributed by atoms with van der Waals surface area (Å²) in [4.78, 5) is 38.6. The summed E-state index contributed by atoms with van der Waals surface area (Å²) in [6.07, 6.45) is 7.95. The normalized spacial score (nSPS) is 42.6. The number of nitrogens with zero attached hydrogens (tertiary/aromatic N) is 1. The lowest BCUT2D eigenvalue weighted by Gasteiger charge is -2.57. The van der Waals surface area contributed by atoms with E-state index in [1.807, 2.05) is 6.92 Å². The maximum Gasteiger partial charge on any atom is 0.312 e. The van der Waals surface area contributed by atoms with Crippen LogP contribution in [0, 0.1) is 28.6 Å². The molecule has 0 aromatic heterocycles. The lowest BCUT2D eigenvalue weighted by atomic mass is 9.48. The number of fused-ring (bicyclic) bond motifs is 5. The molecule has 0 unspecified atom stereocenters. The van der Waals surface area contributed by atoms with Gasteiger partial charge in [-0.05, 0) is 50.2 Å². The molecule has 1 amide bonds. The lowest BCUT2D eigenvalue weighted by molar-refractivity contribution is -0.148. The highest BCUT2D eigenvalue weighted by atomic mass is 32.2. The molecule has 3 aliphatic carbocycles. The van der Waals surface area contributed by atoms with Gasteiger partial charge in [0.25, 0.3) is 5.24 Å². The van der Waals surface area contributed by atoms with E-state index in [1.165, 1.54) is 11.8 Å². The van der Waals surface area contributed by atoms with Gasteiger partial charge in [-0.15, -0.1) is 0 Å². The number of cyclic esters (lactones) is 1. The van der Waals surface area contributed by atoms with E-state index in [1.54, 1.807) is 31.1 Å². The Morgan fingerprint density at radius 2 is 2.00 bits per heavy atom. The Kier molecular flexibility index (Phi) is 4.33. The minimum atomic E-state index is -0.451. The topological polar surface area (TPSA) is 63.7 Å². The highest BCUT2D eigenvalue weighted by molar-refractivity contribution is 8.14. The Hall–Kier alpha value is -1.56. The van der Waals surface area contributed by atoms with E-state index in [0.717, 1.165) is 18.4 Å². The summed E-state index contributed by atoms with van der Waals surface area (Å²) in [5, 5.41) is 0.0841. The average Bonchev–Trinajstić information content (AvgIpc) is 2.91. The molecule has 1 heterocycles. The molecule has 5 nitrogen and oxygen atoms in total. The van der Waals surface area contributed by atoms with Crippen LogP contribution in [0.4, 0.5) is 4.79 Å². The van der Waals surface area contributed by atoms with Gasteiger partial charge in [-0.1, -0.05) is 30.3 Å². The Morgan fingerprint density at radius 3 is 2.70 bits per heavy atom. The molecular formula is C21H27NO4S. The molecule has 4 rings (SSSR count). The van der Waals surface area contributed by atoms with Gasteiger partial charge < -0.3 is 9.64 Å². The lowest BCUT2D eigenvalue weighted by Crippen LogP contribution is -2.54. The molecule has 3 fully saturated rings. The number of carbonyl (C=O) groups is 3. The van der Waals surface area contributed by atoms with E-state index in [4.69, 9.17) is 4.74 Å². The van der Waals surface area contributed by atoms with Gasteiger partial charge in [0.2, 0.25) is 0 Å². The third-order valence-electron chi connectivity index (χ3n) is 7.42. The number of ketones is 1. The second-order valence-corrected chi connectivity index (χ2v) is 10.2. The van der Waals surface area contributed by atoms with E-state index < -0.39 is 5.41 Å². The van der Waals surface area contributed by atoms with Crippen molar-refractivity contribution in [2.75, 3.05) is 20.7 Å². The molecule has 6 heteroatoms. The number of amides is 1. The minimum absolute atomic E-state index is 0.0261. The highest BCUT2D eigenvalue weighted by Crippen LogP contribution is 2.63. The number of rotatable bonds is 1. The van der Waals surface area contributed by atoms with Crippen LogP contribution in [0.25, 0.3) is 0 Å². The van der Waals surface area contributed by atoms with Crippen molar-refractivity contribution in [1.82, 2.24) is 4.90 Å². The smallest absolute Gasteiger partial charge is 0.312 e. The molecule has 27 heavy (non-hydrogen) atoms. The van der Waals surface area contributed by atoms with Gasteiger partial charge in [0.15, 0.2) is 5.78 Å². The summed E-state index contributed by atoms with van der Waals surface area (Å²) < 4.78 is 5.51. The van der Waals surface area contributed by atoms with Crippen LogP contribution in [0.1, 0.15) is 33.1 Å². The number of carbonyl (C=O) groups excluding carboxylic acids is 3. The molecule has 6 atom stereocenters. The Labute approximate surface area is 164 Å². The van der Waals surface area contributed by atoms with Crippen LogP contribution in [0.3, 0.4) is 0 Å². The Balaban J connectivity index is 1.76. The van der Waals surface area contributed by atoms with Gasteiger partial charge in [0, 0.05) is 30.7 Å². The first-order valence-electron chi connectivity index (χ1n) is 9.66. The molecule has 0 N–H and O–H groups in total. The van der Waals surface area contributed by atoms with Crippen LogP contribution >= 0.6 is 11.8 Å². The molecule has 2 saturated carbocycles. The van der Waals surface area contributed by atoms with Gasteiger partial charge in [-0.25, -0.2) is 0 Å². The van der Waals surface area contributed by atoms with Crippen molar-refractivity contribution in [3.63, 3.8) is 0 Å². The van der Waals surface area contributed by atoms with E-state index in [2.05, 4.69) is 13.0 Å². The zero-order valence-corrected chi connectivity index (χ0v) is 17.2. The van der Waals surface area contributed by atoms with E-state index >= 15 is 0 Å². The molecule has 0 bridgehead atoms. The van der Waals surface area contributed by atoms with Crippen LogP contribution in [0.2, 0.25) is 0 Å². The number of thioether (sulfide) groups is 1. The summed E-state index contributed by atoms with van der Waals surface area (Å²) in [5.74, 6) is 0.588. The molecule has 4 aliphatic rings. The maximum absolute atomic E-state index is 12.5. The fourth-order valence-corrected chi connectivity index (χ4v) is 6.99. The van der Waals surface area contributed by atoms with E-state index in [-0.39, 0.29) is 39.5 Å². The van der Waals surface area contributed by atoms with Crippen molar-refractivity contribution in [3.8, 4) is 0 Å². The van der Waals surface area contributed by atoms with Crippen LogP contribution < -0.4 is 0 Å². The number of ether oxygens (including phenoxy) is 1. The average molecular weight is 390 g/mol. The van der Waals surface area contributed by atoms with Gasteiger partial charge in [-0.2, -0.15) is 0 Å². The SMILES string of the molecule is CN(C)C(=O)S[C@@H]1CC2=CC(=O)C=C[C@]2(C)[C@H]2CC[C@]3(C)C(=O)OC[C@H]3[C@H]12. The monoisotopic (exact) mass is 389 g/mol. The Morgan fingerprint density at radius 1 is 1.26 bits per heavy atom. The summed E-state index contributed by atoms with van der Waals surface area (Å²) in [6, 6.07) is 0. The molecule has 0 spiro atoms. The van der Waals surface area contributed by atoms with Crippen molar-refractivity contribution in [2.45, 2.75) is 38.4 Å². The van der Waals surface area contributed by atoms with Crippen LogP contribution in [-0.2, 0) is 14.3 Å². The number of allylic oxidation sites excluding steroid dienone is 4. The van der Waals surface area contributed by atoms with Gasteiger partial charge in [-0.3, -0.25) is 14.4 Å². The number of esters is 1. The minimum Gasteiger partial charge on any atom is -0.465 e. The first kappa shape index (κ1) is 18.8. The van der Waals surface area contributed by atoms with Gasteiger partial charge >= 0.3 is 5.97 Å². The van der Waals surface area contributed by atoms with Gasteiger partial charge in [0.1, 0.15) is 0 Å². The highest BCUT2D eigenvalue weighted by Gasteiger charge is 2.62. The fraction of sp³-hybridized carbons (Fsp3) is 0.667. The molecule has 1 aliphatic heterocycles. The summed E-state index contributed by atoms with van der Waals surface area (Å²) in [6.45, 7) is 4.70. The predicted molar refractivity (Wildman–Crippen MR) is 104 cm³/mol. The maximum atomic E-state index is 12.5. The molecule has 1 saturated heterocycles. The quantitative estimate of drug-likeness (QED) is 0.643. The molecular weight excluding hydrogens is 362 g/mol. The zero-order chi connectivity index (χ0) is 19.6. The van der Waals surface area contributed by atoms with Crippen molar-refractivity contribution < 1.29 is 19.1 Å². The Bertz CT molecular complexity index is 772. The molecule has 0 aromatic rings. The summed E-state index contributed by atoms with van der Waals surface area (Å²) >= 11 is 1.36. The standard InChI is InChI=1S/C21H27NO4S/c1-20-7-5-13(23)9-12(20)10-16(27-19(25)22(3)4)17-14(20)6-8-21(2)15(17)11-26-18(21)24/h5,7,9,14-17H,6,8,10-11H2,1-4H3/t14-,15-,16+,17+,20-,21-/m0/s1. The first-order valence-corrected chi connectivity index (χ1v) is 10.5. The first-order chi connectivity index (χ1) is 12.7. The second kappa shape index (κ2) is 6.23. The van der Waals surface area contributed by atoms with Gasteiger partial charge in [0.05, 0.1) is 12.0 Å². The van der Waals surface area contributed by atoms with Crippen molar-refractivity contribution in [3.05, 3.63) is 23.8 Å². The van der Waals surface area contributed by atoms with E-state index in [0.29, 0.717) is 18.9 Å². The van der Waals surface area contributed by atoms with Crippen LogP contribution in [-0.4, -0.2) is 47.8 Å². The second-order valence-electron chi connectivity index (χ2n) is 9.05. The predicted octanol–water partition coefficient (Wildman–Crippen LogP) is 3.45. The summed E-state index contributed by atoms with van der Waals surface area (Å²) in [7, 11) is 3.53. The molecule has 146 valence electrons. The number of hydrogen-bond acceptors (Lipinski definition) is 5. The third-order valence-corrected chi connectivity index (χ3v) is 8.77. The molecule has 0 aromatic carbocycles. The van der Waals surface area contributed by atoms with Crippen molar-refractivity contribution in [1.29, 1.82) is 0 Å². The van der Waals surface area contributed by atoms with Crippen LogP contribution in [0.5, 0.6) is 0 Å². The summed E-state index contributed by atoms with van der Waals surface area (Å²) in [5.41, 5.74) is 0.505. The third kappa shape index (κ3) is 2.71. The zero-order valence-electron chi connectivity index (χ0n) is 16.4. The van der Waals surface area contributed by atoms with Crippen LogP contribution in [0.15, 0.2) is 23.8 Å². The largest absolute Gasteiger partial charge is 0.465 e. The fourth-order valence-electron chi connectivity index (χ4n) is 5.72. The molecule has 0 radical (unpaired) electrons. The van der Waals surface area contributed by atoms with Crippen molar-refractivity contribution >= 4 is 28.8 Å². The van der Waals surface area contributed by atoms with E-state index in [9.17, 15) is 14.4 Å². The van der Waals surface area contributed by atoms with Crippen molar-refractivity contribution in [2.24, 2.45) is 28.6 Å². The number of hydrogen-bond donors (Lipinski definition) is 0.